The van der Waals surface area contributed by atoms with E-state index in [4.69, 9.17) is 9.41 Å². The van der Waals surface area contributed by atoms with Crippen molar-refractivity contribution >= 4 is 22.8 Å². The van der Waals surface area contributed by atoms with Crippen LogP contribution in [0, 0.1) is 0 Å². The fourth-order valence-corrected chi connectivity index (χ4v) is 2.40. The van der Waals surface area contributed by atoms with Gasteiger partial charge in [0.25, 0.3) is 0 Å². The number of nitrogens with zero attached hydrogens (tertiary/aromatic N) is 3. The minimum absolute atomic E-state index is 0.518. The van der Waals surface area contributed by atoms with Gasteiger partial charge >= 0.3 is 0 Å². The van der Waals surface area contributed by atoms with E-state index in [1.54, 1.807) is 18.5 Å². The highest BCUT2D eigenvalue weighted by atomic mass is 16.3. The summed E-state index contributed by atoms with van der Waals surface area (Å²) in [7, 11) is 0. The fourth-order valence-electron chi connectivity index (χ4n) is 2.40. The quantitative estimate of drug-likeness (QED) is 0.527. The third-order valence-corrected chi connectivity index (χ3v) is 3.48. The first-order valence-electron chi connectivity index (χ1n) is 7.30. The Bertz CT molecular complexity index is 918. The lowest BCUT2D eigenvalue weighted by Crippen LogP contribution is -2.02. The number of aliphatic imine (C=N–C) groups is 1. The summed E-state index contributed by atoms with van der Waals surface area (Å²) >= 11 is 0. The molecule has 4 rings (SSSR count). The molecule has 0 aliphatic carbocycles. The monoisotopic (exact) mass is 299 g/mol. The van der Waals surface area contributed by atoms with E-state index in [1.807, 2.05) is 60.7 Å². The average molecular weight is 299 g/mol. The Morgan fingerprint density at radius 1 is 0.826 bits per heavy atom. The molecule has 0 unspecified atom stereocenters. The zero-order chi connectivity index (χ0) is 15.5. The molecule has 2 heterocycles. The van der Waals surface area contributed by atoms with Crippen molar-refractivity contribution in [3.05, 3.63) is 90.3 Å². The number of hydrogen-bond donors (Lipinski definition) is 0. The first kappa shape index (κ1) is 13.4. The molecule has 0 aliphatic heterocycles. The third-order valence-electron chi connectivity index (χ3n) is 3.48. The van der Waals surface area contributed by atoms with Crippen LogP contribution in [0.25, 0.3) is 11.2 Å². The first-order valence-corrected chi connectivity index (χ1v) is 7.30. The van der Waals surface area contributed by atoms with E-state index in [-0.39, 0.29) is 0 Å². The van der Waals surface area contributed by atoms with E-state index in [0.717, 1.165) is 16.8 Å². The van der Waals surface area contributed by atoms with Crippen molar-refractivity contribution in [3.8, 4) is 0 Å². The summed E-state index contributed by atoms with van der Waals surface area (Å²) in [6.07, 6.45) is 3.20. The molecule has 0 saturated heterocycles. The smallest absolute Gasteiger partial charge is 0.245 e. The molecular formula is C19H13N3O. The largest absolute Gasteiger partial charge is 0.445 e. The molecule has 23 heavy (non-hydrogen) atoms. The molecule has 2 aromatic heterocycles. The van der Waals surface area contributed by atoms with Gasteiger partial charge in [0.1, 0.15) is 5.52 Å². The Morgan fingerprint density at radius 2 is 1.48 bits per heavy atom. The number of aromatic nitrogens is 2. The number of furan rings is 1. The molecule has 0 amide bonds. The predicted molar refractivity (Wildman–Crippen MR) is 90.0 cm³/mol. The summed E-state index contributed by atoms with van der Waals surface area (Å²) in [5.74, 6) is 0.557. The van der Waals surface area contributed by atoms with Crippen molar-refractivity contribution in [2.24, 2.45) is 4.99 Å². The molecule has 2 aromatic carbocycles. The van der Waals surface area contributed by atoms with Gasteiger partial charge in [-0.2, -0.15) is 0 Å². The molecule has 0 aliphatic rings. The van der Waals surface area contributed by atoms with Gasteiger partial charge in [0, 0.05) is 17.2 Å². The van der Waals surface area contributed by atoms with Gasteiger partial charge in [0.15, 0.2) is 5.82 Å². The van der Waals surface area contributed by atoms with Crippen LogP contribution in [0.4, 0.5) is 5.82 Å². The molecule has 0 radical (unpaired) electrons. The minimum atomic E-state index is 0.518. The zero-order valence-corrected chi connectivity index (χ0v) is 12.3. The van der Waals surface area contributed by atoms with Crippen molar-refractivity contribution in [1.82, 2.24) is 9.97 Å². The number of rotatable bonds is 3. The Labute approximate surface area is 133 Å². The molecule has 110 valence electrons. The summed E-state index contributed by atoms with van der Waals surface area (Å²) < 4.78 is 5.23. The van der Waals surface area contributed by atoms with Crippen LogP contribution in [0.15, 0.2) is 88.6 Å². The molecule has 0 bridgehead atoms. The van der Waals surface area contributed by atoms with E-state index < -0.39 is 0 Å². The molecule has 4 heteroatoms. The lowest BCUT2D eigenvalue weighted by Gasteiger charge is -2.07. The van der Waals surface area contributed by atoms with Gasteiger partial charge in [-0.05, 0) is 0 Å². The van der Waals surface area contributed by atoms with Crippen LogP contribution in [0.1, 0.15) is 11.1 Å². The summed E-state index contributed by atoms with van der Waals surface area (Å²) in [5.41, 5.74) is 4.15. The Kier molecular flexibility index (Phi) is 3.41. The highest BCUT2D eigenvalue weighted by molar-refractivity contribution is 6.13. The lowest BCUT2D eigenvalue weighted by atomic mass is 10.0. The molecule has 4 nitrogen and oxygen atoms in total. The second-order valence-electron chi connectivity index (χ2n) is 5.03. The molecule has 0 spiro atoms. The van der Waals surface area contributed by atoms with E-state index in [2.05, 4.69) is 9.97 Å². The summed E-state index contributed by atoms with van der Waals surface area (Å²) in [6.45, 7) is 0. The molecular weight excluding hydrogens is 286 g/mol. The van der Waals surface area contributed by atoms with E-state index >= 15 is 0 Å². The topological polar surface area (TPSA) is 51.3 Å². The van der Waals surface area contributed by atoms with Crippen LogP contribution >= 0.6 is 0 Å². The van der Waals surface area contributed by atoms with Crippen LogP contribution in [0.3, 0.4) is 0 Å². The second-order valence-corrected chi connectivity index (χ2v) is 5.03. The van der Waals surface area contributed by atoms with Gasteiger partial charge in [0.2, 0.25) is 5.71 Å². The molecule has 4 aromatic rings. The SMILES string of the molecule is c1ccc(C(=Nc2cnc3occc3n2)c2ccccc2)cc1. The van der Waals surface area contributed by atoms with Gasteiger partial charge in [-0.25, -0.2) is 15.0 Å². The Hall–Kier alpha value is -3.27. The number of fused-ring (bicyclic) bond motifs is 1. The van der Waals surface area contributed by atoms with Crippen LogP contribution < -0.4 is 0 Å². The van der Waals surface area contributed by atoms with Gasteiger partial charge in [-0.3, -0.25) is 0 Å². The predicted octanol–water partition coefficient (Wildman–Crippen LogP) is 4.39. The first-order chi connectivity index (χ1) is 11.4. The van der Waals surface area contributed by atoms with Gasteiger partial charge in [-0.1, -0.05) is 60.7 Å². The molecule has 0 saturated carbocycles. The standard InChI is InChI=1S/C19H13N3O/c1-3-7-14(8-4-1)18(15-9-5-2-6-10-15)22-17-13-20-19-16(21-17)11-12-23-19/h1-13H. The van der Waals surface area contributed by atoms with Gasteiger partial charge in [0.05, 0.1) is 18.2 Å². The average Bonchev–Trinajstić information content (AvgIpc) is 3.09. The molecule has 0 atom stereocenters. The maximum absolute atomic E-state index is 5.23. The minimum Gasteiger partial charge on any atom is -0.445 e. The summed E-state index contributed by atoms with van der Waals surface area (Å²) in [6, 6.07) is 21.9. The highest BCUT2D eigenvalue weighted by Gasteiger charge is 2.08. The highest BCUT2D eigenvalue weighted by Crippen LogP contribution is 2.19. The van der Waals surface area contributed by atoms with Crippen LogP contribution in [0.2, 0.25) is 0 Å². The van der Waals surface area contributed by atoms with Crippen molar-refractivity contribution in [2.45, 2.75) is 0 Å². The van der Waals surface area contributed by atoms with Gasteiger partial charge in [-0.15, -0.1) is 0 Å². The van der Waals surface area contributed by atoms with Crippen LogP contribution in [-0.2, 0) is 0 Å². The fraction of sp³-hybridized carbons (Fsp3) is 0. The Morgan fingerprint density at radius 3 is 2.13 bits per heavy atom. The summed E-state index contributed by atoms with van der Waals surface area (Å²) in [4.78, 5) is 13.5. The van der Waals surface area contributed by atoms with Crippen molar-refractivity contribution in [2.75, 3.05) is 0 Å². The molecule has 0 fully saturated rings. The van der Waals surface area contributed by atoms with Crippen molar-refractivity contribution < 1.29 is 4.42 Å². The second kappa shape index (κ2) is 5.85. The van der Waals surface area contributed by atoms with Gasteiger partial charge < -0.3 is 4.42 Å². The zero-order valence-electron chi connectivity index (χ0n) is 12.3. The lowest BCUT2D eigenvalue weighted by molar-refractivity contribution is 0.602. The maximum atomic E-state index is 5.23. The van der Waals surface area contributed by atoms with Crippen LogP contribution in [0.5, 0.6) is 0 Å². The van der Waals surface area contributed by atoms with Crippen molar-refractivity contribution in [1.29, 1.82) is 0 Å². The number of hydrogen-bond acceptors (Lipinski definition) is 4. The van der Waals surface area contributed by atoms with Crippen LogP contribution in [-0.4, -0.2) is 15.7 Å². The van der Waals surface area contributed by atoms with E-state index in [9.17, 15) is 0 Å². The van der Waals surface area contributed by atoms with E-state index in [0.29, 0.717) is 17.0 Å². The molecule has 0 N–H and O–H groups in total. The maximum Gasteiger partial charge on any atom is 0.245 e. The summed E-state index contributed by atoms with van der Waals surface area (Å²) in [5, 5.41) is 0. The van der Waals surface area contributed by atoms with E-state index in [1.165, 1.54) is 0 Å². The van der Waals surface area contributed by atoms with Crippen molar-refractivity contribution in [3.63, 3.8) is 0 Å². The normalized spacial score (nSPS) is 10.6. The number of benzene rings is 2. The third kappa shape index (κ3) is 2.74. The Balaban J connectivity index is 1.87.